The fourth-order valence-electron chi connectivity index (χ4n) is 1.33. The van der Waals surface area contributed by atoms with Crippen LogP contribution in [0.15, 0.2) is 24.4 Å². The zero-order valence-electron chi connectivity index (χ0n) is 8.95. The van der Waals surface area contributed by atoms with Gasteiger partial charge in [-0.05, 0) is 12.1 Å². The summed E-state index contributed by atoms with van der Waals surface area (Å²) in [5.74, 6) is 0.127. The lowest BCUT2D eigenvalue weighted by molar-refractivity contribution is 0.141. The lowest BCUT2D eigenvalue weighted by Crippen LogP contribution is -2.09. The Morgan fingerprint density at radius 1 is 1.56 bits per heavy atom. The summed E-state index contributed by atoms with van der Waals surface area (Å²) in [7, 11) is 0. The molecule has 18 heavy (non-hydrogen) atoms. The van der Waals surface area contributed by atoms with Crippen LogP contribution in [0.25, 0.3) is 5.82 Å². The summed E-state index contributed by atoms with van der Waals surface area (Å²) in [6.45, 7) is -0.354. The Kier molecular flexibility index (Phi) is 3.45. The highest BCUT2D eigenvalue weighted by molar-refractivity contribution is 6.32. The van der Waals surface area contributed by atoms with Crippen molar-refractivity contribution in [3.63, 3.8) is 0 Å². The summed E-state index contributed by atoms with van der Waals surface area (Å²) >= 11 is 5.93. The molecule has 0 spiro atoms. The molecule has 2 aromatic heterocycles. The highest BCUT2D eigenvalue weighted by atomic mass is 35.5. The van der Waals surface area contributed by atoms with E-state index in [1.54, 1.807) is 12.1 Å². The molecule has 0 bridgehead atoms. The largest absolute Gasteiger partial charge is 0.512 e. The quantitative estimate of drug-likeness (QED) is 0.819. The van der Waals surface area contributed by atoms with Gasteiger partial charge in [-0.25, -0.2) is 9.78 Å². The lowest BCUT2D eigenvalue weighted by atomic mass is 10.4. The average molecular weight is 270 g/mol. The van der Waals surface area contributed by atoms with E-state index in [1.807, 2.05) is 0 Å². The number of rotatable bonds is 3. The van der Waals surface area contributed by atoms with Gasteiger partial charge < -0.3 is 14.9 Å². The van der Waals surface area contributed by atoms with Gasteiger partial charge >= 0.3 is 6.16 Å². The Hall–Kier alpha value is -2.12. The molecule has 0 fully saturated rings. The van der Waals surface area contributed by atoms with Gasteiger partial charge in [0, 0.05) is 12.3 Å². The minimum atomic E-state index is -1.49. The molecule has 0 atom stereocenters. The Morgan fingerprint density at radius 3 is 2.94 bits per heavy atom. The van der Waals surface area contributed by atoms with Crippen LogP contribution in [0.4, 0.5) is 4.79 Å². The normalized spacial score (nSPS) is 10.3. The number of aliphatic hydroxyl groups excluding tert-OH is 1. The first-order valence-electron chi connectivity index (χ1n) is 4.83. The van der Waals surface area contributed by atoms with E-state index in [-0.39, 0.29) is 29.0 Å². The van der Waals surface area contributed by atoms with Crippen LogP contribution in [0.5, 0.6) is 5.88 Å². The first kappa shape index (κ1) is 12.3. The topological polar surface area (TPSA) is 97.5 Å². The molecule has 0 saturated carbocycles. The minimum absolute atomic E-state index is 0.0906. The molecule has 0 aliphatic heterocycles. The predicted octanol–water partition coefficient (Wildman–Crippen LogP) is 1.47. The van der Waals surface area contributed by atoms with Crippen molar-refractivity contribution in [2.45, 2.75) is 6.61 Å². The summed E-state index contributed by atoms with van der Waals surface area (Å²) in [4.78, 5) is 14.5. The van der Waals surface area contributed by atoms with E-state index < -0.39 is 6.16 Å². The van der Waals surface area contributed by atoms with Crippen molar-refractivity contribution < 1.29 is 19.7 Å². The highest BCUT2D eigenvalue weighted by Crippen LogP contribution is 2.23. The molecule has 0 aromatic carbocycles. The van der Waals surface area contributed by atoms with Gasteiger partial charge in [0.1, 0.15) is 0 Å². The van der Waals surface area contributed by atoms with E-state index in [0.29, 0.717) is 0 Å². The van der Waals surface area contributed by atoms with E-state index in [9.17, 15) is 4.79 Å². The van der Waals surface area contributed by atoms with Crippen molar-refractivity contribution in [3.05, 3.63) is 35.1 Å². The number of hydrogen-bond acceptors (Lipinski definition) is 5. The first-order valence-corrected chi connectivity index (χ1v) is 5.21. The molecule has 7 nitrogen and oxygen atoms in total. The van der Waals surface area contributed by atoms with Crippen molar-refractivity contribution in [1.29, 1.82) is 0 Å². The zero-order chi connectivity index (χ0) is 13.1. The Balaban J connectivity index is 2.52. The van der Waals surface area contributed by atoms with Gasteiger partial charge in [-0.3, -0.25) is 0 Å². The molecule has 2 N–H and O–H groups in total. The highest BCUT2D eigenvalue weighted by Gasteiger charge is 2.16. The predicted molar refractivity (Wildman–Crippen MR) is 60.9 cm³/mol. The van der Waals surface area contributed by atoms with Gasteiger partial charge in [-0.1, -0.05) is 11.6 Å². The van der Waals surface area contributed by atoms with Crippen LogP contribution in [0.2, 0.25) is 5.02 Å². The number of carboxylic acid groups (broad SMARTS) is 1. The van der Waals surface area contributed by atoms with Crippen molar-refractivity contribution in [1.82, 2.24) is 14.8 Å². The minimum Gasteiger partial charge on any atom is -0.449 e. The number of aromatic nitrogens is 3. The van der Waals surface area contributed by atoms with Crippen LogP contribution in [-0.4, -0.2) is 31.1 Å². The second-order valence-corrected chi connectivity index (χ2v) is 3.63. The van der Waals surface area contributed by atoms with Crippen LogP contribution in [0.3, 0.4) is 0 Å². The van der Waals surface area contributed by atoms with Crippen molar-refractivity contribution >= 4 is 17.8 Å². The smallest absolute Gasteiger partial charge is 0.449 e. The van der Waals surface area contributed by atoms with E-state index in [2.05, 4.69) is 14.8 Å². The average Bonchev–Trinajstić information content (AvgIpc) is 2.72. The van der Waals surface area contributed by atoms with Crippen LogP contribution in [-0.2, 0) is 6.61 Å². The van der Waals surface area contributed by atoms with E-state index in [0.717, 1.165) is 4.68 Å². The fourth-order valence-corrected chi connectivity index (χ4v) is 1.54. The van der Waals surface area contributed by atoms with Gasteiger partial charge in [-0.15, -0.1) is 0 Å². The van der Waals surface area contributed by atoms with E-state index in [4.69, 9.17) is 21.8 Å². The Labute approximate surface area is 106 Å². The number of nitrogens with zero attached hydrogens (tertiary/aromatic N) is 3. The van der Waals surface area contributed by atoms with Crippen molar-refractivity contribution in [3.8, 4) is 11.7 Å². The molecule has 0 unspecified atom stereocenters. The Bertz CT molecular complexity index is 584. The molecule has 0 saturated heterocycles. The molecular weight excluding hydrogens is 262 g/mol. The summed E-state index contributed by atoms with van der Waals surface area (Å²) in [5, 5.41) is 21.8. The maximum absolute atomic E-state index is 10.6. The second-order valence-electron chi connectivity index (χ2n) is 3.22. The van der Waals surface area contributed by atoms with Crippen molar-refractivity contribution in [2.24, 2.45) is 0 Å². The number of hydrogen-bond donors (Lipinski definition) is 2. The van der Waals surface area contributed by atoms with Gasteiger partial charge in [0.15, 0.2) is 5.82 Å². The summed E-state index contributed by atoms with van der Waals surface area (Å²) in [6, 6.07) is 4.49. The third-order valence-electron chi connectivity index (χ3n) is 2.02. The van der Waals surface area contributed by atoms with Crippen LogP contribution in [0, 0.1) is 0 Å². The van der Waals surface area contributed by atoms with Gasteiger partial charge in [-0.2, -0.15) is 9.78 Å². The van der Waals surface area contributed by atoms with Gasteiger partial charge in [0.05, 0.1) is 17.3 Å². The van der Waals surface area contributed by atoms with Crippen molar-refractivity contribution in [2.75, 3.05) is 0 Å². The van der Waals surface area contributed by atoms with E-state index >= 15 is 0 Å². The fraction of sp³-hybridized carbons (Fsp3) is 0.100. The Morgan fingerprint density at radius 2 is 2.33 bits per heavy atom. The number of halogens is 1. The molecule has 94 valence electrons. The second kappa shape index (κ2) is 5.03. The standard InChI is InChI=1S/C10H8ClN3O4/c11-7-2-1-3-12-9(7)14-8(18-10(16)17)4-6(5-15)13-14/h1-4,15H,5H2,(H,16,17). The summed E-state index contributed by atoms with van der Waals surface area (Å²) in [6.07, 6.45) is -0.0146. The number of ether oxygens (including phenoxy) is 1. The molecular formula is C10H8ClN3O4. The monoisotopic (exact) mass is 269 g/mol. The molecule has 2 rings (SSSR count). The third kappa shape index (κ3) is 2.41. The molecule has 0 aliphatic rings. The number of carbonyl (C=O) groups is 1. The van der Waals surface area contributed by atoms with Crippen LogP contribution in [0.1, 0.15) is 5.69 Å². The van der Waals surface area contributed by atoms with E-state index in [1.165, 1.54) is 12.3 Å². The molecule has 8 heteroatoms. The molecule has 0 amide bonds. The first-order chi connectivity index (χ1) is 8.61. The SMILES string of the molecule is O=C(O)Oc1cc(CO)nn1-c1ncccc1Cl. The van der Waals surface area contributed by atoms with Gasteiger partial charge in [0.2, 0.25) is 5.88 Å². The number of pyridine rings is 1. The number of aliphatic hydroxyl groups is 1. The molecule has 0 aliphatic carbocycles. The molecule has 2 heterocycles. The van der Waals surface area contributed by atoms with Crippen LogP contribution >= 0.6 is 11.6 Å². The van der Waals surface area contributed by atoms with Gasteiger partial charge in [0.25, 0.3) is 0 Å². The summed E-state index contributed by atoms with van der Waals surface area (Å²) in [5.41, 5.74) is 0.243. The molecule has 2 aromatic rings. The maximum atomic E-state index is 10.6. The third-order valence-corrected chi connectivity index (χ3v) is 2.32. The lowest BCUT2D eigenvalue weighted by Gasteiger charge is -2.05. The van der Waals surface area contributed by atoms with Crippen LogP contribution < -0.4 is 4.74 Å². The zero-order valence-corrected chi connectivity index (χ0v) is 9.70. The molecule has 0 radical (unpaired) electrons. The maximum Gasteiger partial charge on any atom is 0.512 e. The summed E-state index contributed by atoms with van der Waals surface area (Å²) < 4.78 is 5.66.